The van der Waals surface area contributed by atoms with Crippen LogP contribution >= 0.6 is 0 Å². The summed E-state index contributed by atoms with van der Waals surface area (Å²) >= 11 is 0. The van der Waals surface area contributed by atoms with E-state index < -0.39 is 6.04 Å². The Labute approximate surface area is 214 Å². The minimum absolute atomic E-state index is 0.189. The van der Waals surface area contributed by atoms with Crippen LogP contribution in [0.1, 0.15) is 41.1 Å². The lowest BCUT2D eigenvalue weighted by molar-refractivity contribution is 0.174. The van der Waals surface area contributed by atoms with E-state index in [4.69, 9.17) is 19.0 Å². The molecular formula is C29H26N4O4. The Morgan fingerprint density at radius 3 is 2.57 bits per heavy atom. The summed E-state index contributed by atoms with van der Waals surface area (Å²) in [6, 6.07) is 18.8. The molecule has 0 radical (unpaired) electrons. The van der Waals surface area contributed by atoms with Crippen LogP contribution in [-0.2, 0) is 0 Å². The molecule has 1 atom stereocenters. The first kappa shape index (κ1) is 22.8. The van der Waals surface area contributed by atoms with Crippen LogP contribution in [0.15, 0.2) is 70.9 Å². The topological polar surface area (TPSA) is 89.7 Å². The van der Waals surface area contributed by atoms with Crippen molar-refractivity contribution in [1.82, 2.24) is 15.5 Å². The fourth-order valence-electron chi connectivity index (χ4n) is 4.78. The van der Waals surface area contributed by atoms with Gasteiger partial charge in [-0.3, -0.25) is 4.90 Å². The highest BCUT2D eigenvalue weighted by atomic mass is 16.7. The third kappa shape index (κ3) is 4.00. The summed E-state index contributed by atoms with van der Waals surface area (Å²) < 4.78 is 16.8. The van der Waals surface area contributed by atoms with Crippen molar-refractivity contribution in [2.24, 2.45) is 0 Å². The largest absolute Gasteiger partial charge is 0.454 e. The summed E-state index contributed by atoms with van der Waals surface area (Å²) in [5, 5.41) is 7.44. The van der Waals surface area contributed by atoms with Gasteiger partial charge < -0.3 is 19.3 Å². The van der Waals surface area contributed by atoms with Gasteiger partial charge in [0, 0.05) is 11.3 Å². The molecule has 1 N–H and O–H groups in total. The molecule has 6 rings (SSSR count). The quantitative estimate of drug-likeness (QED) is 0.369. The zero-order valence-corrected chi connectivity index (χ0v) is 21.0. The van der Waals surface area contributed by atoms with E-state index >= 15 is 0 Å². The summed E-state index contributed by atoms with van der Waals surface area (Å²) in [6.45, 7) is 8.22. The predicted octanol–water partition coefficient (Wildman–Crippen LogP) is 6.09. The zero-order chi connectivity index (χ0) is 25.7. The third-order valence-corrected chi connectivity index (χ3v) is 6.90. The smallest absolute Gasteiger partial charge is 0.326 e. The van der Waals surface area contributed by atoms with Crippen molar-refractivity contribution >= 4 is 17.3 Å². The Morgan fingerprint density at radius 1 is 0.919 bits per heavy atom. The molecule has 37 heavy (non-hydrogen) atoms. The van der Waals surface area contributed by atoms with Gasteiger partial charge in [0.25, 0.3) is 5.89 Å². The molecule has 8 nitrogen and oxygen atoms in total. The summed E-state index contributed by atoms with van der Waals surface area (Å²) in [4.78, 5) is 19.9. The molecule has 0 bridgehead atoms. The van der Waals surface area contributed by atoms with Gasteiger partial charge >= 0.3 is 6.03 Å². The first-order chi connectivity index (χ1) is 17.9. The van der Waals surface area contributed by atoms with E-state index in [1.807, 2.05) is 62.4 Å². The van der Waals surface area contributed by atoms with Crippen molar-refractivity contribution in [2.45, 2.75) is 33.7 Å². The highest BCUT2D eigenvalue weighted by Gasteiger charge is 2.36. The maximum atomic E-state index is 13.5. The van der Waals surface area contributed by atoms with Crippen LogP contribution in [0.4, 0.5) is 10.5 Å². The zero-order valence-electron chi connectivity index (χ0n) is 21.0. The van der Waals surface area contributed by atoms with E-state index in [9.17, 15) is 4.79 Å². The number of rotatable bonds is 4. The van der Waals surface area contributed by atoms with Gasteiger partial charge in [-0.1, -0.05) is 35.5 Å². The fraction of sp³-hybridized carbons (Fsp3) is 0.207. The average Bonchev–Trinajstić information content (AvgIpc) is 3.55. The second-order valence-corrected chi connectivity index (χ2v) is 9.39. The standard InChI is InChI=1S/C29H26N4O4/c1-16-6-5-7-22(12-16)33-19(4)25(26(30-29(33)34)20-9-8-17(2)18(3)13-20)28-31-27(32-37-28)21-10-11-23-24(14-21)36-15-35-23/h5-14,26H,15H2,1-4H3,(H,30,34). The fourth-order valence-corrected chi connectivity index (χ4v) is 4.78. The van der Waals surface area contributed by atoms with Gasteiger partial charge in [-0.05, 0) is 80.3 Å². The van der Waals surface area contributed by atoms with Crippen molar-refractivity contribution in [2.75, 3.05) is 11.7 Å². The predicted molar refractivity (Wildman–Crippen MR) is 139 cm³/mol. The van der Waals surface area contributed by atoms with Crippen LogP contribution in [0.3, 0.4) is 0 Å². The molecule has 8 heteroatoms. The highest BCUT2D eigenvalue weighted by Crippen LogP contribution is 2.40. The van der Waals surface area contributed by atoms with Gasteiger partial charge in [-0.25, -0.2) is 4.79 Å². The molecule has 0 spiro atoms. The van der Waals surface area contributed by atoms with Crippen LogP contribution in [-0.4, -0.2) is 23.0 Å². The van der Waals surface area contributed by atoms with E-state index in [1.165, 1.54) is 5.56 Å². The number of ether oxygens (including phenoxy) is 2. The maximum Gasteiger partial charge on any atom is 0.326 e. The van der Waals surface area contributed by atoms with Gasteiger partial charge in [0.15, 0.2) is 11.5 Å². The van der Waals surface area contributed by atoms with E-state index in [2.05, 4.69) is 36.5 Å². The summed E-state index contributed by atoms with van der Waals surface area (Å²) in [7, 11) is 0. The summed E-state index contributed by atoms with van der Waals surface area (Å²) in [5.41, 5.74) is 7.28. The number of hydrogen-bond donors (Lipinski definition) is 1. The Morgan fingerprint density at radius 2 is 1.76 bits per heavy atom. The number of anilines is 1. The van der Waals surface area contributed by atoms with Gasteiger partial charge in [-0.15, -0.1) is 0 Å². The lowest BCUT2D eigenvalue weighted by Gasteiger charge is -2.35. The molecule has 0 saturated heterocycles. The highest BCUT2D eigenvalue weighted by molar-refractivity contribution is 6.01. The molecule has 2 amide bonds. The number of aryl methyl sites for hydroxylation is 3. The Kier molecular flexibility index (Phi) is 5.44. The molecule has 1 unspecified atom stereocenters. The molecule has 0 aliphatic carbocycles. The minimum atomic E-state index is -0.460. The Bertz CT molecular complexity index is 1570. The van der Waals surface area contributed by atoms with Gasteiger partial charge in [0.2, 0.25) is 12.6 Å². The van der Waals surface area contributed by atoms with Crippen LogP contribution in [0, 0.1) is 20.8 Å². The molecule has 2 aliphatic rings. The van der Waals surface area contributed by atoms with E-state index in [0.29, 0.717) is 23.2 Å². The number of nitrogens with zero attached hydrogens (tertiary/aromatic N) is 3. The number of hydrogen-bond acceptors (Lipinski definition) is 6. The number of carbonyl (C=O) groups is 1. The monoisotopic (exact) mass is 494 g/mol. The van der Waals surface area contributed by atoms with Crippen molar-refractivity contribution in [3.8, 4) is 22.9 Å². The maximum absolute atomic E-state index is 13.5. The number of amides is 2. The minimum Gasteiger partial charge on any atom is -0.454 e. The number of allylic oxidation sites excluding steroid dienone is 1. The van der Waals surface area contributed by atoms with Crippen LogP contribution < -0.4 is 19.7 Å². The number of benzene rings is 3. The Hall–Kier alpha value is -4.59. The number of urea groups is 1. The molecular weight excluding hydrogens is 468 g/mol. The molecule has 4 aromatic rings. The second-order valence-electron chi connectivity index (χ2n) is 9.39. The molecule has 1 aromatic heterocycles. The molecule has 3 heterocycles. The normalized spacial score (nSPS) is 16.8. The Balaban J connectivity index is 1.48. The first-order valence-electron chi connectivity index (χ1n) is 12.1. The second kappa shape index (κ2) is 8.81. The average molecular weight is 495 g/mol. The number of nitrogens with one attached hydrogen (secondary N) is 1. The third-order valence-electron chi connectivity index (χ3n) is 6.90. The van der Waals surface area contributed by atoms with Gasteiger partial charge in [0.05, 0.1) is 17.3 Å². The van der Waals surface area contributed by atoms with Crippen molar-refractivity contribution in [3.63, 3.8) is 0 Å². The van der Waals surface area contributed by atoms with Gasteiger partial charge in [-0.2, -0.15) is 4.98 Å². The van der Waals surface area contributed by atoms with E-state index in [1.54, 1.807) is 4.90 Å². The van der Waals surface area contributed by atoms with E-state index in [-0.39, 0.29) is 12.8 Å². The lowest BCUT2D eigenvalue weighted by Crippen LogP contribution is -2.46. The van der Waals surface area contributed by atoms with Crippen LogP contribution in [0.25, 0.3) is 17.0 Å². The van der Waals surface area contributed by atoms with Crippen molar-refractivity contribution in [1.29, 1.82) is 0 Å². The molecule has 186 valence electrons. The summed E-state index contributed by atoms with van der Waals surface area (Å²) in [6.07, 6.45) is 0. The number of aromatic nitrogens is 2. The number of carbonyl (C=O) groups excluding carboxylic acids is 1. The lowest BCUT2D eigenvalue weighted by atomic mass is 9.92. The van der Waals surface area contributed by atoms with Crippen LogP contribution in [0.2, 0.25) is 0 Å². The van der Waals surface area contributed by atoms with Crippen molar-refractivity contribution < 1.29 is 18.8 Å². The van der Waals surface area contributed by atoms with Gasteiger partial charge in [0.1, 0.15) is 0 Å². The molecule has 2 aliphatic heterocycles. The molecule has 0 fully saturated rings. The van der Waals surface area contributed by atoms with E-state index in [0.717, 1.165) is 39.2 Å². The molecule has 0 saturated carbocycles. The first-order valence-corrected chi connectivity index (χ1v) is 12.1. The van der Waals surface area contributed by atoms with Crippen LogP contribution in [0.5, 0.6) is 11.5 Å². The van der Waals surface area contributed by atoms with Crippen molar-refractivity contribution in [3.05, 3.63) is 94.5 Å². The summed E-state index contributed by atoms with van der Waals surface area (Å²) in [5.74, 6) is 2.09. The molecule has 3 aromatic carbocycles. The SMILES string of the molecule is CC1=C(c2nc(-c3ccc4c(c3)OCO4)no2)C(c2ccc(C)c(C)c2)NC(=O)N1c1cccc(C)c1. The number of fused-ring (bicyclic) bond motifs is 1.